The van der Waals surface area contributed by atoms with E-state index < -0.39 is 0 Å². The molecule has 0 saturated carbocycles. The Kier molecular flexibility index (Phi) is 6.77. The Labute approximate surface area is 155 Å². The van der Waals surface area contributed by atoms with E-state index in [1.54, 1.807) is 23.6 Å². The molecule has 0 bridgehead atoms. The molecule has 2 aromatic heterocycles. The summed E-state index contributed by atoms with van der Waals surface area (Å²) in [5.74, 6) is 2.65. The van der Waals surface area contributed by atoms with Gasteiger partial charge in [-0.3, -0.25) is 0 Å². The standard InChI is InChI=1S/C20H31N3O3/c1-14(2)17(5)11-26-22(7)9-16(4)20-18(6)23(13-25-20)10-15(3)19-8-21-12-24-19/h8,11-16H,7,9-10H2,1-6H3/q+2/b17-11+. The predicted molar refractivity (Wildman–Crippen MR) is 98.9 cm³/mol. The predicted octanol–water partition coefficient (Wildman–Crippen LogP) is 3.98. The molecule has 2 rings (SSSR count). The second-order valence-electron chi connectivity index (χ2n) is 7.32. The molecule has 0 aliphatic carbocycles. The van der Waals surface area contributed by atoms with Crippen molar-refractivity contribution in [3.8, 4) is 0 Å². The fraction of sp³-hybridized carbons (Fsp3) is 0.550. The summed E-state index contributed by atoms with van der Waals surface area (Å²) in [7, 11) is 0. The molecule has 6 nitrogen and oxygen atoms in total. The van der Waals surface area contributed by atoms with Crippen LogP contribution in [0.15, 0.2) is 39.7 Å². The Bertz CT molecular complexity index is 744. The number of hydroxylamine groups is 1. The van der Waals surface area contributed by atoms with Gasteiger partial charge in [-0.1, -0.05) is 13.8 Å². The highest BCUT2D eigenvalue weighted by molar-refractivity contribution is 5.14. The van der Waals surface area contributed by atoms with E-state index in [1.165, 1.54) is 12.0 Å². The monoisotopic (exact) mass is 361 g/mol. The Morgan fingerprint density at radius 1 is 1.31 bits per heavy atom. The van der Waals surface area contributed by atoms with Crippen molar-refractivity contribution in [3.05, 3.63) is 48.0 Å². The molecule has 0 aliphatic rings. The van der Waals surface area contributed by atoms with Crippen molar-refractivity contribution in [1.82, 2.24) is 4.98 Å². The van der Waals surface area contributed by atoms with E-state index >= 15 is 0 Å². The molecule has 0 spiro atoms. The van der Waals surface area contributed by atoms with Crippen LogP contribution in [0.4, 0.5) is 0 Å². The van der Waals surface area contributed by atoms with Gasteiger partial charge in [0.05, 0.1) is 18.0 Å². The summed E-state index contributed by atoms with van der Waals surface area (Å²) in [6.45, 7) is 18.0. The van der Waals surface area contributed by atoms with Crippen molar-refractivity contribution in [2.24, 2.45) is 5.92 Å². The topological polar surface area (TPSA) is 55.3 Å². The lowest BCUT2D eigenvalue weighted by Gasteiger charge is -2.06. The van der Waals surface area contributed by atoms with Crippen LogP contribution in [0, 0.1) is 12.8 Å². The smallest absolute Gasteiger partial charge is 0.334 e. The lowest BCUT2D eigenvalue weighted by molar-refractivity contribution is -0.764. The molecule has 6 heteroatoms. The maximum absolute atomic E-state index is 5.83. The van der Waals surface area contributed by atoms with E-state index in [4.69, 9.17) is 13.7 Å². The van der Waals surface area contributed by atoms with Gasteiger partial charge < -0.3 is 8.83 Å². The number of allylic oxidation sites excluding steroid dienone is 1. The van der Waals surface area contributed by atoms with Crippen molar-refractivity contribution < 1.29 is 23.0 Å². The summed E-state index contributed by atoms with van der Waals surface area (Å²) >= 11 is 0. The second kappa shape index (κ2) is 8.83. The fourth-order valence-corrected chi connectivity index (χ4v) is 2.66. The van der Waals surface area contributed by atoms with Crippen molar-refractivity contribution in [1.29, 1.82) is 0 Å². The Hall–Kier alpha value is -2.37. The lowest BCUT2D eigenvalue weighted by Crippen LogP contribution is -2.37. The van der Waals surface area contributed by atoms with Gasteiger partial charge in [0.1, 0.15) is 5.76 Å². The quantitative estimate of drug-likeness (QED) is 0.293. The first-order valence-corrected chi connectivity index (χ1v) is 9.06. The van der Waals surface area contributed by atoms with Crippen molar-refractivity contribution in [3.63, 3.8) is 0 Å². The molecule has 2 heterocycles. The maximum atomic E-state index is 5.83. The average Bonchev–Trinajstić information content (AvgIpc) is 3.23. The molecule has 0 fully saturated rings. The zero-order chi connectivity index (χ0) is 19.3. The molecular formula is C20H31N3O3+2. The molecule has 0 amide bonds. The third-order valence-electron chi connectivity index (χ3n) is 4.73. The highest BCUT2D eigenvalue weighted by Crippen LogP contribution is 2.20. The Morgan fingerprint density at radius 2 is 2.04 bits per heavy atom. The van der Waals surface area contributed by atoms with Gasteiger partial charge in [0.2, 0.25) is 12.2 Å². The number of rotatable bonds is 9. The minimum absolute atomic E-state index is 0.155. The fourth-order valence-electron chi connectivity index (χ4n) is 2.66. The highest BCUT2D eigenvalue weighted by atomic mass is 16.7. The van der Waals surface area contributed by atoms with E-state index in [1.807, 2.05) is 0 Å². The number of aromatic nitrogens is 2. The average molecular weight is 361 g/mol. The van der Waals surface area contributed by atoms with E-state index in [-0.39, 0.29) is 11.8 Å². The summed E-state index contributed by atoms with van der Waals surface area (Å²) < 4.78 is 14.9. The number of hydrogen-bond acceptors (Lipinski definition) is 4. The van der Waals surface area contributed by atoms with Gasteiger partial charge in [0.15, 0.2) is 31.7 Å². The summed E-state index contributed by atoms with van der Waals surface area (Å²) in [5.41, 5.74) is 2.28. The number of hydrogen-bond donors (Lipinski definition) is 0. The highest BCUT2D eigenvalue weighted by Gasteiger charge is 2.27. The molecule has 2 unspecified atom stereocenters. The summed E-state index contributed by atoms with van der Waals surface area (Å²) in [5, 5.41) is 0. The van der Waals surface area contributed by atoms with Gasteiger partial charge in [0.25, 0.3) is 0 Å². The summed E-state index contributed by atoms with van der Waals surface area (Å²) in [6, 6.07) is 0. The van der Waals surface area contributed by atoms with Crippen LogP contribution < -0.4 is 4.57 Å². The first-order chi connectivity index (χ1) is 12.3. The Balaban J connectivity index is 1.97. The first kappa shape index (κ1) is 19.9. The first-order valence-electron chi connectivity index (χ1n) is 9.06. The number of oxazole rings is 2. The van der Waals surface area contributed by atoms with E-state index in [9.17, 15) is 0 Å². The molecule has 142 valence electrons. The van der Waals surface area contributed by atoms with Gasteiger partial charge in [0, 0.05) is 6.92 Å². The van der Waals surface area contributed by atoms with Gasteiger partial charge in [-0.2, -0.15) is 4.57 Å². The molecule has 0 saturated heterocycles. The summed E-state index contributed by atoms with van der Waals surface area (Å²) in [6.07, 6.45) is 6.75. The van der Waals surface area contributed by atoms with Crippen LogP contribution in [0.25, 0.3) is 0 Å². The summed E-state index contributed by atoms with van der Waals surface area (Å²) in [4.78, 5) is 9.59. The SMILES string of the molecule is C=[N+](CC(C)c1oc[n+](CC(C)c2cnco2)c1C)O/C=C(\C)C(C)C. The van der Waals surface area contributed by atoms with E-state index in [2.05, 4.69) is 57.8 Å². The molecule has 2 aromatic rings. The third kappa shape index (κ3) is 5.07. The van der Waals surface area contributed by atoms with Gasteiger partial charge in [-0.15, -0.1) is 0 Å². The molecule has 0 radical (unpaired) electrons. The van der Waals surface area contributed by atoms with Gasteiger partial charge in [-0.05, 0) is 37.0 Å². The van der Waals surface area contributed by atoms with Crippen LogP contribution >= 0.6 is 0 Å². The molecule has 0 aliphatic heterocycles. The van der Waals surface area contributed by atoms with Crippen molar-refractivity contribution >= 4 is 6.72 Å². The van der Waals surface area contributed by atoms with Crippen LogP contribution in [-0.4, -0.2) is 23.0 Å². The van der Waals surface area contributed by atoms with Crippen LogP contribution in [0.3, 0.4) is 0 Å². The van der Waals surface area contributed by atoms with Crippen LogP contribution in [-0.2, 0) is 11.4 Å². The van der Waals surface area contributed by atoms with Crippen LogP contribution in [0.1, 0.15) is 63.7 Å². The minimum Gasteiger partial charge on any atom is -0.448 e. The zero-order valence-corrected chi connectivity index (χ0v) is 16.7. The second-order valence-corrected chi connectivity index (χ2v) is 7.32. The van der Waals surface area contributed by atoms with Crippen molar-refractivity contribution in [2.75, 3.05) is 6.54 Å². The normalized spacial score (nSPS) is 14.5. The van der Waals surface area contributed by atoms with E-state index in [0.29, 0.717) is 12.5 Å². The minimum atomic E-state index is 0.155. The Morgan fingerprint density at radius 3 is 2.65 bits per heavy atom. The molecular weight excluding hydrogens is 330 g/mol. The van der Waals surface area contributed by atoms with Gasteiger partial charge >= 0.3 is 6.39 Å². The van der Waals surface area contributed by atoms with Gasteiger partial charge in [-0.25, -0.2) is 9.82 Å². The van der Waals surface area contributed by atoms with Crippen LogP contribution in [0.5, 0.6) is 0 Å². The molecule has 2 atom stereocenters. The number of nitrogens with zero attached hydrogens (tertiary/aromatic N) is 3. The largest absolute Gasteiger partial charge is 0.448 e. The maximum Gasteiger partial charge on any atom is 0.334 e. The lowest BCUT2D eigenvalue weighted by atomic mass is 10.1. The van der Waals surface area contributed by atoms with Crippen molar-refractivity contribution in [2.45, 2.75) is 59.9 Å². The zero-order valence-electron chi connectivity index (χ0n) is 16.7. The third-order valence-corrected chi connectivity index (χ3v) is 4.73. The van der Waals surface area contributed by atoms with E-state index in [0.717, 1.165) is 23.8 Å². The molecule has 26 heavy (non-hydrogen) atoms. The molecule has 0 N–H and O–H groups in total. The van der Waals surface area contributed by atoms with Crippen LogP contribution in [0.2, 0.25) is 0 Å². The molecule has 0 aromatic carbocycles.